The van der Waals surface area contributed by atoms with Gasteiger partial charge in [-0.2, -0.15) is 0 Å². The van der Waals surface area contributed by atoms with Crippen LogP contribution in [0.4, 0.5) is 5.69 Å². The van der Waals surface area contributed by atoms with Gasteiger partial charge >= 0.3 is 6.01 Å². The molecule has 6 nitrogen and oxygen atoms in total. The number of ether oxygens (including phenoxy) is 1. The Bertz CT molecular complexity index is 700. The van der Waals surface area contributed by atoms with Gasteiger partial charge in [-0.25, -0.2) is 9.97 Å². The molecule has 128 valence electrons. The first-order chi connectivity index (χ1) is 11.0. The molecule has 0 saturated heterocycles. The third-order valence-corrected chi connectivity index (χ3v) is 4.04. The molecule has 1 saturated carbocycles. The average molecular weight is 349 g/mol. The number of nitrogens with two attached hydrogens (primary N) is 1. The van der Waals surface area contributed by atoms with Gasteiger partial charge in [-0.3, -0.25) is 4.79 Å². The van der Waals surface area contributed by atoms with Crippen LogP contribution in [0.5, 0.6) is 11.8 Å². The Labute approximate surface area is 147 Å². The molecule has 0 unspecified atom stereocenters. The first-order valence-corrected chi connectivity index (χ1v) is 7.73. The predicted molar refractivity (Wildman–Crippen MR) is 94.5 cm³/mol. The molecular weight excluding hydrogens is 328 g/mol. The van der Waals surface area contributed by atoms with E-state index in [4.69, 9.17) is 10.5 Å². The number of benzene rings is 1. The number of nitrogens with one attached hydrogen (secondary N) is 1. The fourth-order valence-corrected chi connectivity index (χ4v) is 2.68. The van der Waals surface area contributed by atoms with E-state index in [1.807, 2.05) is 6.92 Å². The van der Waals surface area contributed by atoms with Crippen LogP contribution in [0.25, 0.3) is 0 Å². The Morgan fingerprint density at radius 3 is 2.50 bits per heavy atom. The highest BCUT2D eigenvalue weighted by atomic mass is 35.5. The Morgan fingerprint density at radius 2 is 1.88 bits per heavy atom. The summed E-state index contributed by atoms with van der Waals surface area (Å²) in [5.74, 6) is 0.489. The summed E-state index contributed by atoms with van der Waals surface area (Å²) in [6, 6.07) is 9.19. The normalized spacial score (nSPS) is 15.4. The van der Waals surface area contributed by atoms with Gasteiger partial charge in [-0.15, -0.1) is 12.4 Å². The maximum atomic E-state index is 12.3. The van der Waals surface area contributed by atoms with Gasteiger partial charge < -0.3 is 15.8 Å². The quantitative estimate of drug-likeness (QED) is 0.885. The molecule has 2 aromatic rings. The minimum atomic E-state index is -0.732. The Kier molecular flexibility index (Phi) is 5.75. The lowest BCUT2D eigenvalue weighted by molar-refractivity contribution is -0.121. The topological polar surface area (TPSA) is 90.1 Å². The lowest BCUT2D eigenvalue weighted by Crippen LogP contribution is -2.48. The molecular formula is C17H21ClN4O2. The molecule has 1 aliphatic rings. The molecule has 0 bridgehead atoms. The highest BCUT2D eigenvalue weighted by Crippen LogP contribution is 2.29. The van der Waals surface area contributed by atoms with Crippen LogP contribution in [0.15, 0.2) is 36.5 Å². The van der Waals surface area contributed by atoms with Crippen LogP contribution in [0.3, 0.4) is 0 Å². The van der Waals surface area contributed by atoms with E-state index in [1.165, 1.54) is 0 Å². The summed E-state index contributed by atoms with van der Waals surface area (Å²) in [7, 11) is 0. The molecule has 1 amide bonds. The summed E-state index contributed by atoms with van der Waals surface area (Å²) in [4.78, 5) is 20.5. The van der Waals surface area contributed by atoms with Gasteiger partial charge in [-0.05, 0) is 50.1 Å². The van der Waals surface area contributed by atoms with Crippen molar-refractivity contribution >= 4 is 24.0 Å². The Hall–Kier alpha value is -2.18. The van der Waals surface area contributed by atoms with Crippen LogP contribution >= 0.6 is 12.4 Å². The van der Waals surface area contributed by atoms with Crippen molar-refractivity contribution in [3.05, 3.63) is 42.2 Å². The monoisotopic (exact) mass is 348 g/mol. The van der Waals surface area contributed by atoms with E-state index >= 15 is 0 Å². The summed E-state index contributed by atoms with van der Waals surface area (Å²) in [5, 5.41) is 2.87. The number of amides is 1. The minimum Gasteiger partial charge on any atom is -0.424 e. The number of nitrogens with zero attached hydrogens (tertiary/aromatic N) is 2. The van der Waals surface area contributed by atoms with Gasteiger partial charge in [0.25, 0.3) is 0 Å². The van der Waals surface area contributed by atoms with Crippen LogP contribution in [-0.4, -0.2) is 21.4 Å². The van der Waals surface area contributed by atoms with Crippen molar-refractivity contribution in [1.82, 2.24) is 9.97 Å². The molecule has 7 heteroatoms. The third kappa shape index (κ3) is 4.21. The van der Waals surface area contributed by atoms with Crippen molar-refractivity contribution in [2.75, 3.05) is 5.32 Å². The second-order valence-corrected chi connectivity index (χ2v) is 5.92. The first-order valence-electron chi connectivity index (χ1n) is 7.73. The lowest BCUT2D eigenvalue weighted by Gasteiger charge is -2.22. The SMILES string of the molecule is Cc1ccnc(Oc2ccc(NC(=O)C3(N)CCCC3)cc2)n1.Cl. The molecule has 1 aromatic carbocycles. The average Bonchev–Trinajstić information content (AvgIpc) is 2.97. The van der Waals surface area contributed by atoms with Crippen molar-refractivity contribution in [2.45, 2.75) is 38.1 Å². The fraction of sp³-hybridized carbons (Fsp3) is 0.353. The van der Waals surface area contributed by atoms with Crippen LogP contribution in [0.1, 0.15) is 31.4 Å². The smallest absolute Gasteiger partial charge is 0.322 e. The molecule has 0 atom stereocenters. The van der Waals surface area contributed by atoms with E-state index in [0.29, 0.717) is 17.4 Å². The summed E-state index contributed by atoms with van der Waals surface area (Å²) < 4.78 is 5.58. The number of carbonyl (C=O) groups is 1. The molecule has 3 N–H and O–H groups in total. The van der Waals surface area contributed by atoms with Crippen molar-refractivity contribution in [2.24, 2.45) is 5.73 Å². The van der Waals surface area contributed by atoms with E-state index in [0.717, 1.165) is 31.4 Å². The van der Waals surface area contributed by atoms with E-state index in [9.17, 15) is 4.79 Å². The van der Waals surface area contributed by atoms with Gasteiger partial charge in [-0.1, -0.05) is 12.8 Å². The summed E-state index contributed by atoms with van der Waals surface area (Å²) in [6.45, 7) is 1.87. The number of aryl methyl sites for hydroxylation is 1. The van der Waals surface area contributed by atoms with Gasteiger partial charge in [0.2, 0.25) is 5.91 Å². The maximum Gasteiger partial charge on any atom is 0.322 e. The second kappa shape index (κ2) is 7.59. The van der Waals surface area contributed by atoms with Crippen LogP contribution < -0.4 is 15.8 Å². The Morgan fingerprint density at radius 1 is 1.21 bits per heavy atom. The summed E-state index contributed by atoms with van der Waals surface area (Å²) >= 11 is 0. The van der Waals surface area contributed by atoms with Crippen molar-refractivity contribution in [3.8, 4) is 11.8 Å². The highest BCUT2D eigenvalue weighted by molar-refractivity contribution is 5.98. The van der Waals surface area contributed by atoms with Crippen LogP contribution in [0, 0.1) is 6.92 Å². The zero-order valence-electron chi connectivity index (χ0n) is 13.5. The predicted octanol–water partition coefficient (Wildman–Crippen LogP) is 3.21. The van der Waals surface area contributed by atoms with Gasteiger partial charge in [0.1, 0.15) is 5.75 Å². The number of halogens is 1. The molecule has 1 heterocycles. The minimum absolute atomic E-state index is 0. The van der Waals surface area contributed by atoms with E-state index in [1.54, 1.807) is 36.5 Å². The van der Waals surface area contributed by atoms with Crippen LogP contribution in [-0.2, 0) is 4.79 Å². The van der Waals surface area contributed by atoms with Gasteiger partial charge in [0.15, 0.2) is 0 Å². The fourth-order valence-electron chi connectivity index (χ4n) is 2.68. The first kappa shape index (κ1) is 18.2. The molecule has 0 aliphatic heterocycles. The lowest BCUT2D eigenvalue weighted by atomic mass is 9.98. The largest absolute Gasteiger partial charge is 0.424 e. The van der Waals surface area contributed by atoms with Gasteiger partial charge in [0, 0.05) is 17.6 Å². The Balaban J connectivity index is 0.00000208. The van der Waals surface area contributed by atoms with E-state index < -0.39 is 5.54 Å². The molecule has 1 fully saturated rings. The highest BCUT2D eigenvalue weighted by Gasteiger charge is 2.36. The number of hydrogen-bond acceptors (Lipinski definition) is 5. The number of aromatic nitrogens is 2. The zero-order valence-corrected chi connectivity index (χ0v) is 14.3. The number of rotatable bonds is 4. The zero-order chi connectivity index (χ0) is 16.3. The molecule has 24 heavy (non-hydrogen) atoms. The maximum absolute atomic E-state index is 12.3. The van der Waals surface area contributed by atoms with Crippen LogP contribution in [0.2, 0.25) is 0 Å². The van der Waals surface area contributed by atoms with Crippen molar-refractivity contribution in [1.29, 1.82) is 0 Å². The van der Waals surface area contributed by atoms with E-state index in [-0.39, 0.29) is 18.3 Å². The summed E-state index contributed by atoms with van der Waals surface area (Å²) in [5.41, 5.74) is 6.95. The third-order valence-electron chi connectivity index (χ3n) is 4.04. The molecule has 0 spiro atoms. The standard InChI is InChI=1S/C17H20N4O2.ClH/c1-12-8-11-19-16(20-12)23-14-6-4-13(5-7-14)21-15(22)17(18)9-2-3-10-17;/h4-8,11H,2-3,9-10,18H2,1H3,(H,21,22);1H. The molecule has 0 radical (unpaired) electrons. The number of carbonyl (C=O) groups excluding carboxylic acids is 1. The van der Waals surface area contributed by atoms with Crippen molar-refractivity contribution in [3.63, 3.8) is 0 Å². The molecule has 3 rings (SSSR count). The van der Waals surface area contributed by atoms with E-state index in [2.05, 4.69) is 15.3 Å². The van der Waals surface area contributed by atoms with Crippen molar-refractivity contribution < 1.29 is 9.53 Å². The number of anilines is 1. The van der Waals surface area contributed by atoms with Gasteiger partial charge in [0.05, 0.1) is 5.54 Å². The number of hydrogen-bond donors (Lipinski definition) is 2. The molecule has 1 aliphatic carbocycles. The molecule has 1 aromatic heterocycles. The summed E-state index contributed by atoms with van der Waals surface area (Å²) in [6.07, 6.45) is 5.14. The second-order valence-electron chi connectivity index (χ2n) is 5.92.